The summed E-state index contributed by atoms with van der Waals surface area (Å²) in [4.78, 5) is 19.7. The van der Waals surface area contributed by atoms with Gasteiger partial charge in [0, 0.05) is 23.0 Å². The molecule has 6 heteroatoms. The minimum Gasteiger partial charge on any atom is -0.370 e. The minimum atomic E-state index is -0.539. The van der Waals surface area contributed by atoms with Gasteiger partial charge in [0.15, 0.2) is 5.96 Å². The summed E-state index contributed by atoms with van der Waals surface area (Å²) >= 11 is 5.94. The highest BCUT2D eigenvalue weighted by Crippen LogP contribution is 2.21. The number of nitrogens with two attached hydrogens (primary N) is 2. The van der Waals surface area contributed by atoms with Crippen molar-refractivity contribution in [1.29, 1.82) is 0 Å². The number of carbonyl (C=O) groups excluding carboxylic acids is 1. The summed E-state index contributed by atoms with van der Waals surface area (Å²) in [7, 11) is 0. The van der Waals surface area contributed by atoms with Crippen LogP contribution in [-0.2, 0) is 4.79 Å². The van der Waals surface area contributed by atoms with Crippen molar-refractivity contribution in [3.8, 4) is 0 Å². The highest BCUT2D eigenvalue weighted by atomic mass is 35.5. The number of hydrogen-bond donors (Lipinski definition) is 2. The van der Waals surface area contributed by atoms with Crippen LogP contribution in [0.15, 0.2) is 53.8 Å². The second-order valence-electron chi connectivity index (χ2n) is 4.20. The van der Waals surface area contributed by atoms with E-state index in [2.05, 4.69) is 9.98 Å². The van der Waals surface area contributed by atoms with Crippen LogP contribution in [0.4, 0.5) is 0 Å². The van der Waals surface area contributed by atoms with Crippen LogP contribution < -0.4 is 11.5 Å². The number of aromatic nitrogens is 1. The average molecular weight is 301 g/mol. The fourth-order valence-corrected chi connectivity index (χ4v) is 1.93. The van der Waals surface area contributed by atoms with Crippen molar-refractivity contribution in [3.05, 3.63) is 64.9 Å². The predicted octanol–water partition coefficient (Wildman–Crippen LogP) is 2.08. The van der Waals surface area contributed by atoms with Crippen molar-refractivity contribution in [2.75, 3.05) is 0 Å². The van der Waals surface area contributed by atoms with E-state index in [0.29, 0.717) is 16.2 Å². The first kappa shape index (κ1) is 14.7. The van der Waals surface area contributed by atoms with E-state index in [1.807, 2.05) is 6.07 Å². The first-order chi connectivity index (χ1) is 10.1. The quantitative estimate of drug-likeness (QED) is 0.515. The molecule has 0 aliphatic carbocycles. The molecule has 4 N–H and O–H groups in total. The molecule has 21 heavy (non-hydrogen) atoms. The first-order valence-electron chi connectivity index (χ1n) is 6.08. The van der Waals surface area contributed by atoms with Crippen LogP contribution >= 0.6 is 11.6 Å². The summed E-state index contributed by atoms with van der Waals surface area (Å²) in [5.74, 6) is -0.830. The van der Waals surface area contributed by atoms with Gasteiger partial charge >= 0.3 is 0 Å². The Hall–Kier alpha value is -2.66. The summed E-state index contributed by atoms with van der Waals surface area (Å²) in [5.41, 5.74) is 12.3. The predicted molar refractivity (Wildman–Crippen MR) is 84.4 cm³/mol. The molecule has 0 aliphatic rings. The lowest BCUT2D eigenvalue weighted by molar-refractivity contribution is -0.112. The second kappa shape index (κ2) is 6.67. The Bertz CT molecular complexity index is 707. The number of guanidine groups is 1. The Morgan fingerprint density at radius 3 is 2.67 bits per heavy atom. The van der Waals surface area contributed by atoms with Crippen molar-refractivity contribution in [2.45, 2.75) is 0 Å². The summed E-state index contributed by atoms with van der Waals surface area (Å²) < 4.78 is 0. The highest BCUT2D eigenvalue weighted by molar-refractivity contribution is 6.31. The second-order valence-corrected chi connectivity index (χ2v) is 4.63. The Morgan fingerprint density at radius 1 is 1.24 bits per heavy atom. The summed E-state index contributed by atoms with van der Waals surface area (Å²) in [6.07, 6.45) is 4.85. The molecule has 106 valence electrons. The average Bonchev–Trinajstić information content (AvgIpc) is 2.45. The zero-order chi connectivity index (χ0) is 15.2. The Kier molecular flexibility index (Phi) is 4.68. The molecule has 1 heterocycles. The maximum absolute atomic E-state index is 12.2. The van der Waals surface area contributed by atoms with Gasteiger partial charge in [0.2, 0.25) is 0 Å². The van der Waals surface area contributed by atoms with E-state index in [-0.39, 0.29) is 5.96 Å². The molecular weight excluding hydrogens is 288 g/mol. The van der Waals surface area contributed by atoms with Crippen molar-refractivity contribution < 1.29 is 4.79 Å². The Labute approximate surface area is 127 Å². The molecule has 2 aromatic rings. The van der Waals surface area contributed by atoms with Gasteiger partial charge in [-0.15, -0.1) is 0 Å². The van der Waals surface area contributed by atoms with Gasteiger partial charge in [-0.2, -0.15) is 4.99 Å². The third kappa shape index (κ3) is 4.15. The fourth-order valence-electron chi connectivity index (χ4n) is 1.73. The number of amides is 1. The van der Waals surface area contributed by atoms with E-state index in [4.69, 9.17) is 23.1 Å². The van der Waals surface area contributed by atoms with Crippen molar-refractivity contribution in [1.82, 2.24) is 4.98 Å². The smallest absolute Gasteiger partial charge is 0.280 e. The molecule has 0 aliphatic heterocycles. The third-order valence-electron chi connectivity index (χ3n) is 2.59. The molecule has 0 atom stereocenters. The molecular formula is C15H13ClN4O. The molecule has 5 nitrogen and oxygen atoms in total. The zero-order valence-electron chi connectivity index (χ0n) is 11.0. The molecule has 0 fully saturated rings. The zero-order valence-corrected chi connectivity index (χ0v) is 11.8. The maximum Gasteiger partial charge on any atom is 0.280 e. The summed E-state index contributed by atoms with van der Waals surface area (Å²) in [6.45, 7) is 0. The minimum absolute atomic E-state index is 0.291. The van der Waals surface area contributed by atoms with Gasteiger partial charge in [0.1, 0.15) is 0 Å². The van der Waals surface area contributed by atoms with Gasteiger partial charge in [-0.3, -0.25) is 9.78 Å². The maximum atomic E-state index is 12.2. The van der Waals surface area contributed by atoms with Gasteiger partial charge in [-0.1, -0.05) is 29.8 Å². The number of pyridine rings is 1. The number of benzene rings is 1. The molecule has 0 spiro atoms. The molecule has 0 radical (unpaired) electrons. The normalized spacial score (nSPS) is 11.0. The topological polar surface area (TPSA) is 94.4 Å². The molecule has 1 aromatic carbocycles. The van der Waals surface area contributed by atoms with E-state index < -0.39 is 5.91 Å². The van der Waals surface area contributed by atoms with Crippen LogP contribution in [0.1, 0.15) is 11.1 Å². The number of rotatable bonds is 3. The van der Waals surface area contributed by atoms with Crippen LogP contribution in [0, 0.1) is 0 Å². The standard InChI is InChI=1S/C15H13ClN4O/c16-12-5-1-3-10(7-12)8-13(14(21)20-15(17)18)11-4-2-6-19-9-11/h1-9H,(H4,17,18,20,21)/b13-8+. The van der Waals surface area contributed by atoms with Crippen LogP contribution in [0.5, 0.6) is 0 Å². The van der Waals surface area contributed by atoms with Gasteiger partial charge in [0.05, 0.1) is 5.57 Å². The highest BCUT2D eigenvalue weighted by Gasteiger charge is 2.12. The SMILES string of the molecule is NC(N)=NC(=O)/C(=C/c1cccc(Cl)c1)c1cccnc1. The Morgan fingerprint density at radius 2 is 2.05 bits per heavy atom. The van der Waals surface area contributed by atoms with E-state index in [1.165, 1.54) is 0 Å². The van der Waals surface area contributed by atoms with Crippen LogP contribution in [0.2, 0.25) is 5.02 Å². The van der Waals surface area contributed by atoms with Gasteiger partial charge < -0.3 is 11.5 Å². The molecule has 0 saturated carbocycles. The number of hydrogen-bond acceptors (Lipinski definition) is 2. The molecule has 0 saturated heterocycles. The molecule has 2 rings (SSSR count). The lowest BCUT2D eigenvalue weighted by Gasteiger charge is -2.04. The van der Waals surface area contributed by atoms with E-state index in [0.717, 1.165) is 5.56 Å². The van der Waals surface area contributed by atoms with Crippen LogP contribution in [-0.4, -0.2) is 16.9 Å². The monoisotopic (exact) mass is 300 g/mol. The first-order valence-corrected chi connectivity index (χ1v) is 6.45. The lowest BCUT2D eigenvalue weighted by Crippen LogP contribution is -2.24. The molecule has 1 amide bonds. The molecule has 1 aromatic heterocycles. The van der Waals surface area contributed by atoms with Crippen LogP contribution in [0.25, 0.3) is 11.6 Å². The lowest BCUT2D eigenvalue weighted by atomic mass is 10.0. The summed E-state index contributed by atoms with van der Waals surface area (Å²) in [5, 5.41) is 0.573. The number of nitrogens with zero attached hydrogens (tertiary/aromatic N) is 2. The summed E-state index contributed by atoms with van der Waals surface area (Å²) in [6, 6.07) is 10.6. The fraction of sp³-hybridized carbons (Fsp3) is 0. The number of halogens is 1. The van der Waals surface area contributed by atoms with Gasteiger partial charge in [-0.05, 0) is 29.8 Å². The van der Waals surface area contributed by atoms with Crippen molar-refractivity contribution in [3.63, 3.8) is 0 Å². The van der Waals surface area contributed by atoms with Gasteiger partial charge in [-0.25, -0.2) is 0 Å². The van der Waals surface area contributed by atoms with Crippen LogP contribution in [0.3, 0.4) is 0 Å². The van der Waals surface area contributed by atoms with E-state index in [9.17, 15) is 4.79 Å². The van der Waals surface area contributed by atoms with Crippen molar-refractivity contribution in [2.24, 2.45) is 16.5 Å². The van der Waals surface area contributed by atoms with E-state index >= 15 is 0 Å². The third-order valence-corrected chi connectivity index (χ3v) is 2.83. The Balaban J connectivity index is 2.51. The van der Waals surface area contributed by atoms with Crippen molar-refractivity contribution >= 4 is 35.1 Å². The molecule has 0 unspecified atom stereocenters. The number of carbonyl (C=O) groups is 1. The number of aliphatic imine (C=N–C) groups is 1. The van der Waals surface area contributed by atoms with E-state index in [1.54, 1.807) is 48.8 Å². The van der Waals surface area contributed by atoms with Gasteiger partial charge in [0.25, 0.3) is 5.91 Å². The molecule has 0 bridgehead atoms. The largest absolute Gasteiger partial charge is 0.370 e.